The number of carbonyl (C=O) groups is 1. The minimum atomic E-state index is -3.70. The molecule has 24 heavy (non-hydrogen) atoms. The van der Waals surface area contributed by atoms with E-state index in [0.717, 1.165) is 5.56 Å². The first-order valence-corrected chi connectivity index (χ1v) is 8.98. The number of benzene rings is 2. The summed E-state index contributed by atoms with van der Waals surface area (Å²) in [4.78, 5) is 13.7. The lowest BCUT2D eigenvalue weighted by Crippen LogP contribution is -2.37. The van der Waals surface area contributed by atoms with Gasteiger partial charge in [0, 0.05) is 24.7 Å². The molecule has 1 aliphatic rings. The Morgan fingerprint density at radius 2 is 1.88 bits per heavy atom. The SMILES string of the molecule is Cc1ccc(S(=O)(=O)N[C@H]2CC(=O)N(c3cccc(F)c3)C2)cc1. The van der Waals surface area contributed by atoms with Crippen molar-refractivity contribution in [2.75, 3.05) is 11.4 Å². The number of sulfonamides is 1. The van der Waals surface area contributed by atoms with Gasteiger partial charge in [0.1, 0.15) is 5.82 Å². The van der Waals surface area contributed by atoms with Crippen LogP contribution in [0.25, 0.3) is 0 Å². The van der Waals surface area contributed by atoms with Crippen LogP contribution in [-0.4, -0.2) is 26.9 Å². The number of amides is 1. The first-order chi connectivity index (χ1) is 11.3. The van der Waals surface area contributed by atoms with E-state index in [1.54, 1.807) is 18.2 Å². The Morgan fingerprint density at radius 3 is 2.54 bits per heavy atom. The number of hydrogen-bond acceptors (Lipinski definition) is 3. The van der Waals surface area contributed by atoms with Crippen molar-refractivity contribution in [1.82, 2.24) is 4.72 Å². The van der Waals surface area contributed by atoms with E-state index in [0.29, 0.717) is 5.69 Å². The van der Waals surface area contributed by atoms with E-state index in [1.807, 2.05) is 6.92 Å². The van der Waals surface area contributed by atoms with Crippen LogP contribution in [0.15, 0.2) is 53.4 Å². The summed E-state index contributed by atoms with van der Waals surface area (Å²) >= 11 is 0. The standard InChI is InChI=1S/C17H17FN2O3S/c1-12-5-7-16(8-6-12)24(22,23)19-14-10-17(21)20(11-14)15-4-2-3-13(18)9-15/h2-9,14,19H,10-11H2,1H3/t14-/m0/s1. The average Bonchev–Trinajstić information content (AvgIpc) is 2.87. The van der Waals surface area contributed by atoms with E-state index in [2.05, 4.69) is 4.72 Å². The second-order valence-electron chi connectivity index (χ2n) is 5.82. The summed E-state index contributed by atoms with van der Waals surface area (Å²) in [5, 5.41) is 0. The fourth-order valence-electron chi connectivity index (χ4n) is 2.68. The van der Waals surface area contributed by atoms with Crippen LogP contribution < -0.4 is 9.62 Å². The van der Waals surface area contributed by atoms with Gasteiger partial charge >= 0.3 is 0 Å². The van der Waals surface area contributed by atoms with Gasteiger partial charge in [-0.3, -0.25) is 4.79 Å². The van der Waals surface area contributed by atoms with Crippen LogP contribution >= 0.6 is 0 Å². The molecule has 0 bridgehead atoms. The fraction of sp³-hybridized carbons (Fsp3) is 0.235. The van der Waals surface area contributed by atoms with E-state index in [4.69, 9.17) is 0 Å². The van der Waals surface area contributed by atoms with E-state index in [1.165, 1.54) is 35.2 Å². The van der Waals surface area contributed by atoms with Crippen molar-refractivity contribution in [1.29, 1.82) is 0 Å². The van der Waals surface area contributed by atoms with Crippen LogP contribution in [0.5, 0.6) is 0 Å². The Balaban J connectivity index is 1.75. The van der Waals surface area contributed by atoms with Crippen molar-refractivity contribution >= 4 is 21.6 Å². The van der Waals surface area contributed by atoms with Gasteiger partial charge in [0.05, 0.1) is 4.90 Å². The summed E-state index contributed by atoms with van der Waals surface area (Å²) < 4.78 is 40.7. The number of hydrogen-bond donors (Lipinski definition) is 1. The zero-order valence-electron chi connectivity index (χ0n) is 13.1. The molecule has 0 unspecified atom stereocenters. The zero-order valence-corrected chi connectivity index (χ0v) is 13.9. The number of rotatable bonds is 4. The van der Waals surface area contributed by atoms with E-state index < -0.39 is 21.9 Å². The molecular formula is C17H17FN2O3S. The van der Waals surface area contributed by atoms with Crippen molar-refractivity contribution in [3.8, 4) is 0 Å². The summed E-state index contributed by atoms with van der Waals surface area (Å²) in [6.45, 7) is 2.05. The molecule has 0 spiro atoms. The second kappa shape index (κ2) is 6.33. The van der Waals surface area contributed by atoms with Crippen LogP contribution in [0.3, 0.4) is 0 Å². The monoisotopic (exact) mass is 348 g/mol. The maximum absolute atomic E-state index is 13.3. The highest BCUT2D eigenvalue weighted by Crippen LogP contribution is 2.23. The smallest absolute Gasteiger partial charge is 0.240 e. The lowest BCUT2D eigenvalue weighted by atomic mass is 10.2. The third-order valence-electron chi connectivity index (χ3n) is 3.90. The van der Waals surface area contributed by atoms with Crippen LogP contribution in [0, 0.1) is 12.7 Å². The molecule has 0 aromatic heterocycles. The summed E-state index contributed by atoms with van der Waals surface area (Å²) in [5.74, 6) is -0.679. The Labute approximate surface area is 140 Å². The van der Waals surface area contributed by atoms with Gasteiger partial charge in [0.15, 0.2) is 0 Å². The van der Waals surface area contributed by atoms with Gasteiger partial charge in [0.25, 0.3) is 0 Å². The maximum Gasteiger partial charge on any atom is 0.240 e. The summed E-state index contributed by atoms with van der Waals surface area (Å²) in [7, 11) is -3.70. The van der Waals surface area contributed by atoms with Crippen molar-refractivity contribution in [2.45, 2.75) is 24.3 Å². The Kier molecular flexibility index (Phi) is 4.38. The summed E-state index contributed by atoms with van der Waals surface area (Å²) in [6, 6.07) is 11.6. The maximum atomic E-state index is 13.3. The van der Waals surface area contributed by atoms with Crippen LogP contribution in [-0.2, 0) is 14.8 Å². The molecule has 2 aromatic rings. The molecule has 7 heteroatoms. The van der Waals surface area contributed by atoms with Gasteiger partial charge in [-0.15, -0.1) is 0 Å². The van der Waals surface area contributed by atoms with Gasteiger partial charge in [-0.2, -0.15) is 0 Å². The molecule has 0 radical (unpaired) electrons. The molecular weight excluding hydrogens is 331 g/mol. The predicted molar refractivity (Wildman–Crippen MR) is 88.7 cm³/mol. The molecule has 1 aliphatic heterocycles. The molecule has 1 fully saturated rings. The van der Waals surface area contributed by atoms with Gasteiger partial charge in [-0.1, -0.05) is 23.8 Å². The lowest BCUT2D eigenvalue weighted by molar-refractivity contribution is -0.117. The van der Waals surface area contributed by atoms with E-state index >= 15 is 0 Å². The zero-order chi connectivity index (χ0) is 17.3. The Bertz CT molecular complexity index is 866. The molecule has 5 nitrogen and oxygen atoms in total. The minimum Gasteiger partial charge on any atom is -0.311 e. The number of nitrogens with one attached hydrogen (secondary N) is 1. The topological polar surface area (TPSA) is 66.5 Å². The van der Waals surface area contributed by atoms with Gasteiger partial charge in [0.2, 0.25) is 15.9 Å². The summed E-state index contributed by atoms with van der Waals surface area (Å²) in [5.41, 5.74) is 1.39. The molecule has 2 aromatic carbocycles. The van der Waals surface area contributed by atoms with Crippen molar-refractivity contribution < 1.29 is 17.6 Å². The van der Waals surface area contributed by atoms with Gasteiger partial charge in [-0.05, 0) is 37.3 Å². The van der Waals surface area contributed by atoms with Gasteiger partial charge < -0.3 is 4.90 Å². The highest BCUT2D eigenvalue weighted by molar-refractivity contribution is 7.89. The normalized spacial score (nSPS) is 18.2. The third kappa shape index (κ3) is 3.47. The number of halogens is 1. The quantitative estimate of drug-likeness (QED) is 0.921. The first-order valence-electron chi connectivity index (χ1n) is 7.50. The van der Waals surface area contributed by atoms with Crippen LogP contribution in [0.2, 0.25) is 0 Å². The summed E-state index contributed by atoms with van der Waals surface area (Å²) in [6.07, 6.45) is 0.0433. The molecule has 126 valence electrons. The van der Waals surface area contributed by atoms with Crippen LogP contribution in [0.4, 0.5) is 10.1 Å². The molecule has 1 atom stereocenters. The number of nitrogens with zero attached hydrogens (tertiary/aromatic N) is 1. The highest BCUT2D eigenvalue weighted by atomic mass is 32.2. The number of carbonyl (C=O) groups excluding carboxylic acids is 1. The highest BCUT2D eigenvalue weighted by Gasteiger charge is 2.33. The molecule has 1 saturated heterocycles. The molecule has 1 amide bonds. The first kappa shape index (κ1) is 16.6. The van der Waals surface area contributed by atoms with Crippen molar-refractivity contribution in [2.24, 2.45) is 0 Å². The lowest BCUT2D eigenvalue weighted by Gasteiger charge is -2.17. The van der Waals surface area contributed by atoms with Gasteiger partial charge in [-0.25, -0.2) is 17.5 Å². The molecule has 1 heterocycles. The van der Waals surface area contributed by atoms with Crippen LogP contribution in [0.1, 0.15) is 12.0 Å². The molecule has 0 aliphatic carbocycles. The molecule has 0 saturated carbocycles. The average molecular weight is 348 g/mol. The Hall–Kier alpha value is -2.25. The molecule has 1 N–H and O–H groups in total. The second-order valence-corrected chi connectivity index (χ2v) is 7.53. The predicted octanol–water partition coefficient (Wildman–Crippen LogP) is 2.22. The van der Waals surface area contributed by atoms with E-state index in [9.17, 15) is 17.6 Å². The minimum absolute atomic E-state index is 0.0433. The Morgan fingerprint density at radius 1 is 1.17 bits per heavy atom. The van der Waals surface area contributed by atoms with Crippen molar-refractivity contribution in [3.05, 3.63) is 59.9 Å². The molecule has 3 rings (SSSR count). The van der Waals surface area contributed by atoms with E-state index in [-0.39, 0.29) is 23.8 Å². The number of aryl methyl sites for hydroxylation is 1. The largest absolute Gasteiger partial charge is 0.311 e. The van der Waals surface area contributed by atoms with Crippen molar-refractivity contribution in [3.63, 3.8) is 0 Å². The third-order valence-corrected chi connectivity index (χ3v) is 5.43. The number of anilines is 1. The fourth-order valence-corrected chi connectivity index (χ4v) is 3.91.